The van der Waals surface area contributed by atoms with Crippen LogP contribution in [0.3, 0.4) is 0 Å². The van der Waals surface area contributed by atoms with Crippen molar-refractivity contribution in [3.8, 4) is 0 Å². The highest BCUT2D eigenvalue weighted by Crippen LogP contribution is 2.28. The molecule has 0 aliphatic heterocycles. The van der Waals surface area contributed by atoms with Gasteiger partial charge in [-0.25, -0.2) is 8.78 Å². The van der Waals surface area contributed by atoms with Crippen LogP contribution in [-0.2, 0) is 4.74 Å². The number of hydrogen-bond acceptors (Lipinski definition) is 2. The Morgan fingerprint density at radius 3 is 2.67 bits per heavy atom. The molecule has 0 aromatic heterocycles. The van der Waals surface area contributed by atoms with Crippen molar-refractivity contribution < 1.29 is 13.5 Å². The van der Waals surface area contributed by atoms with E-state index in [1.54, 1.807) is 0 Å². The molecule has 102 valence electrons. The molecular weight excluding hydrogens is 304 g/mol. The number of ether oxygens (including phenoxy) is 1. The summed E-state index contributed by atoms with van der Waals surface area (Å²) in [6.07, 6.45) is 0.534. The highest BCUT2D eigenvalue weighted by atomic mass is 79.9. The van der Waals surface area contributed by atoms with Gasteiger partial charge in [-0.3, -0.25) is 0 Å². The molecule has 0 amide bonds. The van der Waals surface area contributed by atoms with E-state index in [4.69, 9.17) is 4.74 Å². The first-order valence-electron chi connectivity index (χ1n) is 6.06. The predicted molar refractivity (Wildman–Crippen MR) is 71.6 cm³/mol. The van der Waals surface area contributed by atoms with Gasteiger partial charge in [0, 0.05) is 24.8 Å². The highest BCUT2D eigenvalue weighted by Gasteiger charge is 2.21. The molecule has 0 radical (unpaired) electrons. The van der Waals surface area contributed by atoms with Crippen LogP contribution in [0.2, 0.25) is 0 Å². The summed E-state index contributed by atoms with van der Waals surface area (Å²) >= 11 is 3.08. The van der Waals surface area contributed by atoms with E-state index in [1.165, 1.54) is 12.1 Å². The smallest absolute Gasteiger partial charge is 0.145 e. The first-order valence-corrected chi connectivity index (χ1v) is 6.85. The third kappa shape index (κ3) is 4.00. The molecule has 1 aromatic carbocycles. The second kappa shape index (κ2) is 7.81. The summed E-state index contributed by atoms with van der Waals surface area (Å²) in [5.74, 6) is -1.07. The standard InChI is InChI=1S/C13H18BrF2NO/c1-3-17-11(7-8-18-4-2)12-10(15)6-5-9(14)13(12)16/h5-6,11,17H,3-4,7-8H2,1-2H3. The Morgan fingerprint density at radius 1 is 1.33 bits per heavy atom. The van der Waals surface area contributed by atoms with Crippen molar-refractivity contribution >= 4 is 15.9 Å². The van der Waals surface area contributed by atoms with E-state index in [0.29, 0.717) is 26.2 Å². The number of benzene rings is 1. The van der Waals surface area contributed by atoms with Gasteiger partial charge in [-0.05, 0) is 48.0 Å². The van der Waals surface area contributed by atoms with Gasteiger partial charge in [0.2, 0.25) is 0 Å². The predicted octanol–water partition coefficient (Wildman–Crippen LogP) is 3.80. The fourth-order valence-electron chi connectivity index (χ4n) is 1.80. The van der Waals surface area contributed by atoms with Gasteiger partial charge in [0.25, 0.3) is 0 Å². The van der Waals surface area contributed by atoms with E-state index in [9.17, 15) is 8.78 Å². The molecule has 5 heteroatoms. The largest absolute Gasteiger partial charge is 0.382 e. The molecule has 0 spiro atoms. The first kappa shape index (κ1) is 15.5. The molecule has 1 unspecified atom stereocenters. The Morgan fingerprint density at radius 2 is 2.06 bits per heavy atom. The summed E-state index contributed by atoms with van der Waals surface area (Å²) in [4.78, 5) is 0. The van der Waals surface area contributed by atoms with Gasteiger partial charge < -0.3 is 10.1 Å². The average Bonchev–Trinajstić information content (AvgIpc) is 2.35. The van der Waals surface area contributed by atoms with Crippen LogP contribution in [0.15, 0.2) is 16.6 Å². The molecule has 0 saturated carbocycles. The third-order valence-electron chi connectivity index (χ3n) is 2.63. The van der Waals surface area contributed by atoms with Crippen LogP contribution in [-0.4, -0.2) is 19.8 Å². The van der Waals surface area contributed by atoms with E-state index in [2.05, 4.69) is 21.2 Å². The molecule has 18 heavy (non-hydrogen) atoms. The summed E-state index contributed by atoms with van der Waals surface area (Å²) in [5.41, 5.74) is 0.0749. The lowest BCUT2D eigenvalue weighted by Crippen LogP contribution is -2.24. The van der Waals surface area contributed by atoms with Crippen molar-refractivity contribution in [2.75, 3.05) is 19.8 Å². The Kier molecular flexibility index (Phi) is 6.75. The first-order chi connectivity index (χ1) is 8.61. The molecular formula is C13H18BrF2NO. The van der Waals surface area contributed by atoms with Crippen molar-refractivity contribution in [2.24, 2.45) is 0 Å². The van der Waals surface area contributed by atoms with Gasteiger partial charge in [0.15, 0.2) is 0 Å². The fourth-order valence-corrected chi connectivity index (χ4v) is 2.15. The molecule has 0 saturated heterocycles. The van der Waals surface area contributed by atoms with E-state index in [1.807, 2.05) is 13.8 Å². The summed E-state index contributed by atoms with van der Waals surface area (Å²) in [6.45, 7) is 5.51. The topological polar surface area (TPSA) is 21.3 Å². The van der Waals surface area contributed by atoms with Gasteiger partial charge in [-0.15, -0.1) is 0 Å². The van der Waals surface area contributed by atoms with E-state index in [-0.39, 0.29) is 16.1 Å². The number of rotatable bonds is 7. The molecule has 0 aliphatic carbocycles. The van der Waals surface area contributed by atoms with Crippen molar-refractivity contribution in [1.29, 1.82) is 0 Å². The minimum Gasteiger partial charge on any atom is -0.382 e. The Labute approximate surface area is 115 Å². The highest BCUT2D eigenvalue weighted by molar-refractivity contribution is 9.10. The molecule has 0 aliphatic rings. The van der Waals surface area contributed by atoms with Crippen LogP contribution >= 0.6 is 15.9 Å². The minimum absolute atomic E-state index is 0.0749. The number of halogens is 3. The summed E-state index contributed by atoms with van der Waals surface area (Å²) in [5, 5.41) is 3.09. The Hall–Kier alpha value is -0.520. The van der Waals surface area contributed by atoms with Crippen LogP contribution < -0.4 is 5.32 Å². The molecule has 2 nitrogen and oxygen atoms in total. The van der Waals surface area contributed by atoms with Crippen LogP contribution in [0.25, 0.3) is 0 Å². The lowest BCUT2D eigenvalue weighted by atomic mass is 10.0. The molecule has 0 fully saturated rings. The quantitative estimate of drug-likeness (QED) is 0.609. The zero-order valence-electron chi connectivity index (χ0n) is 10.6. The van der Waals surface area contributed by atoms with Crippen LogP contribution in [0.5, 0.6) is 0 Å². The molecule has 1 N–H and O–H groups in total. The van der Waals surface area contributed by atoms with Crippen LogP contribution in [0, 0.1) is 11.6 Å². The SMILES string of the molecule is CCNC(CCOCC)c1c(F)ccc(Br)c1F. The maximum Gasteiger partial charge on any atom is 0.145 e. The van der Waals surface area contributed by atoms with Gasteiger partial charge in [-0.2, -0.15) is 0 Å². The Bertz CT molecular complexity index is 387. The minimum atomic E-state index is -0.544. The van der Waals surface area contributed by atoms with Gasteiger partial charge in [0.05, 0.1) is 4.47 Å². The number of hydrogen-bond donors (Lipinski definition) is 1. The molecule has 0 heterocycles. The zero-order valence-corrected chi connectivity index (χ0v) is 12.2. The average molecular weight is 322 g/mol. The van der Waals surface area contributed by atoms with Crippen molar-refractivity contribution in [3.05, 3.63) is 33.8 Å². The van der Waals surface area contributed by atoms with Crippen LogP contribution in [0.1, 0.15) is 31.9 Å². The van der Waals surface area contributed by atoms with Crippen molar-refractivity contribution in [3.63, 3.8) is 0 Å². The second-order valence-corrected chi connectivity index (χ2v) is 4.71. The van der Waals surface area contributed by atoms with E-state index in [0.717, 1.165) is 0 Å². The lowest BCUT2D eigenvalue weighted by molar-refractivity contribution is 0.135. The molecule has 1 rings (SSSR count). The van der Waals surface area contributed by atoms with Gasteiger partial charge >= 0.3 is 0 Å². The van der Waals surface area contributed by atoms with Crippen LogP contribution in [0.4, 0.5) is 8.78 Å². The molecule has 1 atom stereocenters. The van der Waals surface area contributed by atoms with E-state index >= 15 is 0 Å². The molecule has 0 bridgehead atoms. The summed E-state index contributed by atoms with van der Waals surface area (Å²) in [7, 11) is 0. The fraction of sp³-hybridized carbons (Fsp3) is 0.538. The zero-order chi connectivity index (χ0) is 13.5. The second-order valence-electron chi connectivity index (χ2n) is 3.85. The number of nitrogens with one attached hydrogen (secondary N) is 1. The monoisotopic (exact) mass is 321 g/mol. The van der Waals surface area contributed by atoms with Crippen molar-refractivity contribution in [2.45, 2.75) is 26.3 Å². The Balaban J connectivity index is 2.93. The van der Waals surface area contributed by atoms with Gasteiger partial charge in [0.1, 0.15) is 11.6 Å². The van der Waals surface area contributed by atoms with Crippen molar-refractivity contribution in [1.82, 2.24) is 5.32 Å². The van der Waals surface area contributed by atoms with Gasteiger partial charge in [-0.1, -0.05) is 6.92 Å². The molecule has 1 aromatic rings. The maximum atomic E-state index is 14.0. The maximum absolute atomic E-state index is 14.0. The third-order valence-corrected chi connectivity index (χ3v) is 3.25. The summed E-state index contributed by atoms with van der Waals surface area (Å²) < 4.78 is 33.3. The normalized spacial score (nSPS) is 12.7. The van der Waals surface area contributed by atoms with E-state index < -0.39 is 11.6 Å². The summed E-state index contributed by atoms with van der Waals surface area (Å²) in [6, 6.07) is 2.27. The lowest BCUT2D eigenvalue weighted by Gasteiger charge is -2.20.